The van der Waals surface area contributed by atoms with Gasteiger partial charge in [-0.05, 0) is 51.3 Å². The van der Waals surface area contributed by atoms with Crippen LogP contribution in [0.4, 0.5) is 4.79 Å². The maximum absolute atomic E-state index is 12.2. The van der Waals surface area contributed by atoms with Gasteiger partial charge in [-0.3, -0.25) is 0 Å². The van der Waals surface area contributed by atoms with E-state index in [2.05, 4.69) is 11.4 Å². The van der Waals surface area contributed by atoms with Gasteiger partial charge in [-0.25, -0.2) is 9.59 Å². The highest BCUT2D eigenvalue weighted by Crippen LogP contribution is 2.37. The van der Waals surface area contributed by atoms with Gasteiger partial charge in [0.05, 0.1) is 24.2 Å². The SMILES string of the molecule is CC(C)(C)OC(=O)NC12CCC=C1CN(OC(=O)c1ccccc1)C2. The lowest BCUT2D eigenvalue weighted by Crippen LogP contribution is -2.51. The second kappa shape index (κ2) is 6.52. The molecule has 1 fully saturated rings. The Morgan fingerprint density at radius 1 is 1.20 bits per heavy atom. The molecule has 1 unspecified atom stereocenters. The summed E-state index contributed by atoms with van der Waals surface area (Å²) in [4.78, 5) is 30.0. The number of nitrogens with one attached hydrogen (secondary N) is 1. The van der Waals surface area contributed by atoms with Crippen LogP contribution in [0.25, 0.3) is 0 Å². The number of hydrogen-bond donors (Lipinski definition) is 1. The minimum Gasteiger partial charge on any atom is -0.444 e. The van der Waals surface area contributed by atoms with Gasteiger partial charge in [-0.15, -0.1) is 5.06 Å². The zero-order chi connectivity index (χ0) is 18.1. The summed E-state index contributed by atoms with van der Waals surface area (Å²) in [5.74, 6) is -0.395. The lowest BCUT2D eigenvalue weighted by molar-refractivity contribution is -0.0965. The van der Waals surface area contributed by atoms with E-state index in [1.54, 1.807) is 29.3 Å². The van der Waals surface area contributed by atoms with Crippen LogP contribution in [0.1, 0.15) is 44.0 Å². The number of nitrogens with zero attached hydrogens (tertiary/aromatic N) is 1. The number of alkyl carbamates (subject to hydrolysis) is 1. The highest BCUT2D eigenvalue weighted by atomic mass is 16.7. The summed E-state index contributed by atoms with van der Waals surface area (Å²) in [6.45, 7) is 6.42. The Morgan fingerprint density at radius 2 is 1.92 bits per heavy atom. The number of carbonyl (C=O) groups excluding carboxylic acids is 2. The lowest BCUT2D eigenvalue weighted by atomic mass is 9.95. The number of rotatable bonds is 3. The van der Waals surface area contributed by atoms with Crippen LogP contribution in [-0.4, -0.2) is 41.4 Å². The predicted octanol–water partition coefficient (Wildman–Crippen LogP) is 3.06. The fraction of sp³-hybridized carbons (Fsp3) is 0.474. The average Bonchev–Trinajstić information content (AvgIpc) is 3.01. The van der Waals surface area contributed by atoms with E-state index in [4.69, 9.17) is 9.57 Å². The van der Waals surface area contributed by atoms with Gasteiger partial charge in [-0.2, -0.15) is 0 Å². The molecule has 1 amide bonds. The molecule has 0 aromatic heterocycles. The molecule has 2 aliphatic rings. The van der Waals surface area contributed by atoms with Crippen LogP contribution in [-0.2, 0) is 9.57 Å². The molecular formula is C19H24N2O4. The first-order valence-corrected chi connectivity index (χ1v) is 8.50. The van der Waals surface area contributed by atoms with Crippen molar-refractivity contribution in [2.45, 2.75) is 44.8 Å². The average molecular weight is 344 g/mol. The summed E-state index contributed by atoms with van der Waals surface area (Å²) >= 11 is 0. The first kappa shape index (κ1) is 17.5. The van der Waals surface area contributed by atoms with E-state index >= 15 is 0 Å². The van der Waals surface area contributed by atoms with Gasteiger partial charge >= 0.3 is 12.1 Å². The second-order valence-electron chi connectivity index (χ2n) is 7.52. The summed E-state index contributed by atoms with van der Waals surface area (Å²) in [5, 5.41) is 4.60. The molecule has 6 nitrogen and oxygen atoms in total. The third-order valence-corrected chi connectivity index (χ3v) is 4.33. The Balaban J connectivity index is 1.65. The molecular weight excluding hydrogens is 320 g/mol. The minimum atomic E-state index is -0.554. The molecule has 0 spiro atoms. The molecule has 0 radical (unpaired) electrons. The Hall–Kier alpha value is -2.34. The molecule has 1 aliphatic carbocycles. The van der Waals surface area contributed by atoms with Crippen LogP contribution >= 0.6 is 0 Å². The number of amides is 1. The van der Waals surface area contributed by atoms with Gasteiger partial charge in [0, 0.05) is 0 Å². The van der Waals surface area contributed by atoms with Crippen molar-refractivity contribution in [1.82, 2.24) is 10.4 Å². The summed E-state index contributed by atoms with van der Waals surface area (Å²) in [6.07, 6.45) is 3.33. The van der Waals surface area contributed by atoms with E-state index in [9.17, 15) is 9.59 Å². The zero-order valence-electron chi connectivity index (χ0n) is 14.9. The Labute approximate surface area is 147 Å². The van der Waals surface area contributed by atoms with Crippen LogP contribution in [0.3, 0.4) is 0 Å². The van der Waals surface area contributed by atoms with Crippen molar-refractivity contribution in [3.63, 3.8) is 0 Å². The van der Waals surface area contributed by atoms with Gasteiger partial charge in [0.1, 0.15) is 5.60 Å². The van der Waals surface area contributed by atoms with E-state index in [0.717, 1.165) is 18.4 Å². The van der Waals surface area contributed by atoms with Crippen molar-refractivity contribution in [2.75, 3.05) is 13.1 Å². The van der Waals surface area contributed by atoms with Gasteiger partial charge in [-0.1, -0.05) is 24.3 Å². The maximum atomic E-state index is 12.2. The first-order valence-electron chi connectivity index (χ1n) is 8.50. The van der Waals surface area contributed by atoms with Crippen LogP contribution < -0.4 is 5.32 Å². The molecule has 1 aliphatic heterocycles. The molecule has 6 heteroatoms. The topological polar surface area (TPSA) is 67.9 Å². The van der Waals surface area contributed by atoms with Crippen LogP contribution in [0.2, 0.25) is 0 Å². The molecule has 1 N–H and O–H groups in total. The second-order valence-corrected chi connectivity index (χ2v) is 7.52. The molecule has 0 bridgehead atoms. The van der Waals surface area contributed by atoms with E-state index in [-0.39, 0.29) is 0 Å². The van der Waals surface area contributed by atoms with Crippen LogP contribution in [0, 0.1) is 0 Å². The third-order valence-electron chi connectivity index (χ3n) is 4.33. The van der Waals surface area contributed by atoms with Crippen molar-refractivity contribution in [1.29, 1.82) is 0 Å². The molecule has 134 valence electrons. The van der Waals surface area contributed by atoms with Crippen LogP contribution in [0.15, 0.2) is 42.0 Å². The van der Waals surface area contributed by atoms with E-state index < -0.39 is 23.2 Å². The van der Waals surface area contributed by atoms with E-state index in [1.807, 2.05) is 26.8 Å². The molecule has 1 atom stereocenters. The molecule has 0 saturated carbocycles. The number of benzene rings is 1. The molecule has 1 aromatic carbocycles. The van der Waals surface area contributed by atoms with Crippen molar-refractivity contribution >= 4 is 12.1 Å². The van der Waals surface area contributed by atoms with Crippen molar-refractivity contribution in [3.05, 3.63) is 47.5 Å². The fourth-order valence-corrected chi connectivity index (χ4v) is 3.28. The fourth-order valence-electron chi connectivity index (χ4n) is 3.28. The van der Waals surface area contributed by atoms with Crippen molar-refractivity contribution < 1.29 is 19.2 Å². The highest BCUT2D eigenvalue weighted by Gasteiger charge is 2.47. The molecule has 1 aromatic rings. The number of carbonyl (C=O) groups is 2. The van der Waals surface area contributed by atoms with E-state index in [0.29, 0.717) is 18.7 Å². The normalized spacial score (nSPS) is 22.9. The Kier molecular flexibility index (Phi) is 4.56. The highest BCUT2D eigenvalue weighted by molar-refractivity contribution is 5.89. The zero-order valence-corrected chi connectivity index (χ0v) is 14.9. The summed E-state index contributed by atoms with van der Waals surface area (Å²) in [5.41, 5.74) is 0.502. The van der Waals surface area contributed by atoms with Gasteiger partial charge in [0.2, 0.25) is 0 Å². The van der Waals surface area contributed by atoms with Crippen molar-refractivity contribution in [2.24, 2.45) is 0 Å². The summed E-state index contributed by atoms with van der Waals surface area (Å²) in [6, 6.07) is 8.87. The largest absolute Gasteiger partial charge is 0.444 e. The third kappa shape index (κ3) is 4.02. The summed E-state index contributed by atoms with van der Waals surface area (Å²) in [7, 11) is 0. The summed E-state index contributed by atoms with van der Waals surface area (Å²) < 4.78 is 5.38. The van der Waals surface area contributed by atoms with Gasteiger partial charge in [0.25, 0.3) is 0 Å². The van der Waals surface area contributed by atoms with Crippen LogP contribution in [0.5, 0.6) is 0 Å². The monoisotopic (exact) mass is 344 g/mol. The molecule has 1 saturated heterocycles. The maximum Gasteiger partial charge on any atom is 0.408 e. The lowest BCUT2D eigenvalue weighted by Gasteiger charge is -2.30. The van der Waals surface area contributed by atoms with E-state index in [1.165, 1.54) is 0 Å². The number of ether oxygens (including phenoxy) is 1. The minimum absolute atomic E-state index is 0.395. The standard InChI is InChI=1S/C19H24N2O4/c1-18(2,3)24-17(23)20-19-11-7-10-15(19)12-21(13-19)25-16(22)14-8-5-4-6-9-14/h4-6,8-10H,7,11-13H2,1-3H3,(H,20,23). The number of hydrogen-bond acceptors (Lipinski definition) is 5. The Morgan fingerprint density at radius 3 is 2.60 bits per heavy atom. The number of allylic oxidation sites excluding steroid dienone is 1. The first-order chi connectivity index (χ1) is 11.8. The van der Waals surface area contributed by atoms with Crippen molar-refractivity contribution in [3.8, 4) is 0 Å². The quantitative estimate of drug-likeness (QED) is 0.854. The Bertz CT molecular complexity index is 693. The predicted molar refractivity (Wildman–Crippen MR) is 92.8 cm³/mol. The number of fused-ring (bicyclic) bond motifs is 1. The smallest absolute Gasteiger partial charge is 0.408 e. The molecule has 25 heavy (non-hydrogen) atoms. The van der Waals surface area contributed by atoms with Gasteiger partial charge in [0.15, 0.2) is 0 Å². The molecule has 3 rings (SSSR count). The van der Waals surface area contributed by atoms with Gasteiger partial charge < -0.3 is 14.9 Å². The molecule has 1 heterocycles. The number of hydroxylamine groups is 2.